The summed E-state index contributed by atoms with van der Waals surface area (Å²) in [6.45, 7) is 5.10. The van der Waals surface area contributed by atoms with Crippen LogP contribution in [0, 0.1) is 0 Å². The van der Waals surface area contributed by atoms with Crippen molar-refractivity contribution in [2.24, 2.45) is 4.99 Å². The molecule has 0 heterocycles. The lowest BCUT2D eigenvalue weighted by molar-refractivity contribution is 0.353. The highest BCUT2D eigenvalue weighted by Crippen LogP contribution is 2.32. The molecule has 0 bridgehead atoms. The molecule has 0 saturated carbocycles. The third-order valence-electron chi connectivity index (χ3n) is 3.32. The molecule has 2 N–H and O–H groups in total. The van der Waals surface area contributed by atoms with Crippen molar-refractivity contribution in [3.8, 4) is 11.5 Å². The number of benzene rings is 1. The topological polar surface area (TPSA) is 54.9 Å². The second-order valence-electron chi connectivity index (χ2n) is 5.13. The molecule has 1 aromatic rings. The van der Waals surface area contributed by atoms with Gasteiger partial charge in [-0.3, -0.25) is 4.99 Å². The standard InChI is InChI=1S/C15H25N3O2/c1-15(2,10-18-14(16-3)17-4)11-7-8-12(19-5)13(9-11)20-6/h7-9H,10H2,1-6H3,(H2,16,17,18). The van der Waals surface area contributed by atoms with Crippen LogP contribution >= 0.6 is 0 Å². The molecule has 0 atom stereocenters. The van der Waals surface area contributed by atoms with Gasteiger partial charge >= 0.3 is 0 Å². The molecule has 5 heteroatoms. The molecule has 112 valence electrons. The smallest absolute Gasteiger partial charge is 0.190 e. The molecule has 1 rings (SSSR count). The Morgan fingerprint density at radius 3 is 2.35 bits per heavy atom. The lowest BCUT2D eigenvalue weighted by Crippen LogP contribution is -2.42. The minimum Gasteiger partial charge on any atom is -0.493 e. The van der Waals surface area contributed by atoms with Gasteiger partial charge in [0.1, 0.15) is 0 Å². The molecule has 0 aliphatic rings. The summed E-state index contributed by atoms with van der Waals surface area (Å²) in [6, 6.07) is 6.01. The first kappa shape index (κ1) is 16.1. The minimum absolute atomic E-state index is 0.0632. The third kappa shape index (κ3) is 3.79. The zero-order valence-electron chi connectivity index (χ0n) is 13.2. The maximum atomic E-state index is 5.36. The Labute approximate surface area is 121 Å². The summed E-state index contributed by atoms with van der Waals surface area (Å²) in [7, 11) is 6.89. The van der Waals surface area contributed by atoms with Gasteiger partial charge in [0.05, 0.1) is 14.2 Å². The van der Waals surface area contributed by atoms with Crippen molar-refractivity contribution in [3.05, 3.63) is 23.8 Å². The van der Waals surface area contributed by atoms with Crippen LogP contribution in [-0.4, -0.2) is 40.8 Å². The van der Waals surface area contributed by atoms with Crippen molar-refractivity contribution in [2.45, 2.75) is 19.3 Å². The molecule has 5 nitrogen and oxygen atoms in total. The number of guanidine groups is 1. The molecule has 0 saturated heterocycles. The van der Waals surface area contributed by atoms with Gasteiger partial charge in [0, 0.05) is 26.1 Å². The molecule has 0 radical (unpaired) electrons. The average molecular weight is 279 g/mol. The van der Waals surface area contributed by atoms with Gasteiger partial charge in [-0.1, -0.05) is 19.9 Å². The fraction of sp³-hybridized carbons (Fsp3) is 0.533. The van der Waals surface area contributed by atoms with Crippen LogP contribution < -0.4 is 20.1 Å². The summed E-state index contributed by atoms with van der Waals surface area (Å²) >= 11 is 0. The first-order valence-corrected chi connectivity index (χ1v) is 6.59. The van der Waals surface area contributed by atoms with Crippen molar-refractivity contribution in [3.63, 3.8) is 0 Å². The SMILES string of the molecule is CN=C(NC)NCC(C)(C)c1ccc(OC)c(OC)c1. The monoisotopic (exact) mass is 279 g/mol. The van der Waals surface area contributed by atoms with E-state index in [1.54, 1.807) is 21.3 Å². The number of hydrogen-bond donors (Lipinski definition) is 2. The summed E-state index contributed by atoms with van der Waals surface area (Å²) in [5.74, 6) is 2.26. The van der Waals surface area contributed by atoms with E-state index < -0.39 is 0 Å². The van der Waals surface area contributed by atoms with Crippen LogP contribution in [0.1, 0.15) is 19.4 Å². The van der Waals surface area contributed by atoms with Gasteiger partial charge in [0.25, 0.3) is 0 Å². The van der Waals surface area contributed by atoms with Gasteiger partial charge in [-0.2, -0.15) is 0 Å². The third-order valence-corrected chi connectivity index (χ3v) is 3.32. The number of nitrogens with one attached hydrogen (secondary N) is 2. The maximum Gasteiger partial charge on any atom is 0.190 e. The van der Waals surface area contributed by atoms with Crippen LogP contribution in [0.4, 0.5) is 0 Å². The van der Waals surface area contributed by atoms with E-state index in [9.17, 15) is 0 Å². The lowest BCUT2D eigenvalue weighted by Gasteiger charge is -2.27. The highest BCUT2D eigenvalue weighted by atomic mass is 16.5. The molecule has 0 aromatic heterocycles. The second-order valence-corrected chi connectivity index (χ2v) is 5.13. The Balaban J connectivity index is 2.91. The second kappa shape index (κ2) is 7.03. The zero-order chi connectivity index (χ0) is 15.2. The Kier molecular flexibility index (Phi) is 5.67. The number of methoxy groups -OCH3 is 2. The van der Waals surface area contributed by atoms with Gasteiger partial charge in [-0.25, -0.2) is 0 Å². The largest absolute Gasteiger partial charge is 0.493 e. The van der Waals surface area contributed by atoms with Crippen molar-refractivity contribution in [1.82, 2.24) is 10.6 Å². The highest BCUT2D eigenvalue weighted by Gasteiger charge is 2.22. The maximum absolute atomic E-state index is 5.36. The van der Waals surface area contributed by atoms with Crippen LogP contribution in [0.3, 0.4) is 0 Å². The van der Waals surface area contributed by atoms with E-state index in [0.717, 1.165) is 24.0 Å². The van der Waals surface area contributed by atoms with Crippen molar-refractivity contribution >= 4 is 5.96 Å². The molecular weight excluding hydrogens is 254 g/mol. The number of nitrogens with zero attached hydrogens (tertiary/aromatic N) is 1. The molecule has 0 aliphatic carbocycles. The van der Waals surface area contributed by atoms with E-state index in [1.807, 2.05) is 19.2 Å². The lowest BCUT2D eigenvalue weighted by atomic mass is 9.84. The van der Waals surface area contributed by atoms with Crippen molar-refractivity contribution in [1.29, 1.82) is 0 Å². The summed E-state index contributed by atoms with van der Waals surface area (Å²) < 4.78 is 10.6. The predicted octanol–water partition coefficient (Wildman–Crippen LogP) is 1.78. The van der Waals surface area contributed by atoms with E-state index >= 15 is 0 Å². The molecule has 0 aliphatic heterocycles. The fourth-order valence-corrected chi connectivity index (χ4v) is 1.94. The van der Waals surface area contributed by atoms with E-state index in [1.165, 1.54) is 5.56 Å². The Morgan fingerprint density at radius 2 is 1.85 bits per heavy atom. The first-order valence-electron chi connectivity index (χ1n) is 6.59. The van der Waals surface area contributed by atoms with Crippen LogP contribution in [-0.2, 0) is 5.41 Å². The van der Waals surface area contributed by atoms with Crippen LogP contribution in [0.2, 0.25) is 0 Å². The average Bonchev–Trinajstić information content (AvgIpc) is 2.47. The predicted molar refractivity (Wildman–Crippen MR) is 83.0 cm³/mol. The Morgan fingerprint density at radius 1 is 1.20 bits per heavy atom. The fourth-order valence-electron chi connectivity index (χ4n) is 1.94. The summed E-state index contributed by atoms with van der Waals surface area (Å²) in [4.78, 5) is 4.11. The quantitative estimate of drug-likeness (QED) is 0.637. The van der Waals surface area contributed by atoms with Gasteiger partial charge in [-0.15, -0.1) is 0 Å². The van der Waals surface area contributed by atoms with E-state index in [-0.39, 0.29) is 5.41 Å². The number of ether oxygens (including phenoxy) is 2. The molecule has 0 amide bonds. The van der Waals surface area contributed by atoms with Gasteiger partial charge < -0.3 is 20.1 Å². The molecule has 0 spiro atoms. The van der Waals surface area contributed by atoms with Crippen LogP contribution in [0.5, 0.6) is 11.5 Å². The summed E-state index contributed by atoms with van der Waals surface area (Å²) in [5, 5.41) is 6.30. The highest BCUT2D eigenvalue weighted by molar-refractivity contribution is 5.79. The first-order chi connectivity index (χ1) is 9.48. The van der Waals surface area contributed by atoms with E-state index in [0.29, 0.717) is 0 Å². The van der Waals surface area contributed by atoms with E-state index in [4.69, 9.17) is 9.47 Å². The van der Waals surface area contributed by atoms with Gasteiger partial charge in [0.15, 0.2) is 17.5 Å². The number of hydrogen-bond acceptors (Lipinski definition) is 3. The van der Waals surface area contributed by atoms with Gasteiger partial charge in [-0.05, 0) is 17.7 Å². The molecule has 0 unspecified atom stereocenters. The normalized spacial score (nSPS) is 12.0. The minimum atomic E-state index is -0.0632. The molecular formula is C15H25N3O2. The van der Waals surface area contributed by atoms with Crippen LogP contribution in [0.15, 0.2) is 23.2 Å². The molecule has 0 fully saturated rings. The Hall–Kier alpha value is -1.91. The number of aliphatic imine (C=N–C) groups is 1. The summed E-state index contributed by atoms with van der Waals surface area (Å²) in [6.07, 6.45) is 0. The summed E-state index contributed by atoms with van der Waals surface area (Å²) in [5.41, 5.74) is 1.11. The molecule has 20 heavy (non-hydrogen) atoms. The van der Waals surface area contributed by atoms with Crippen LogP contribution in [0.25, 0.3) is 0 Å². The zero-order valence-corrected chi connectivity index (χ0v) is 13.2. The Bertz CT molecular complexity index is 470. The molecule has 1 aromatic carbocycles. The van der Waals surface area contributed by atoms with E-state index in [2.05, 4.69) is 35.5 Å². The van der Waals surface area contributed by atoms with Crippen molar-refractivity contribution < 1.29 is 9.47 Å². The van der Waals surface area contributed by atoms with Crippen molar-refractivity contribution in [2.75, 3.05) is 34.9 Å². The number of rotatable bonds is 5. The van der Waals surface area contributed by atoms with Gasteiger partial charge in [0.2, 0.25) is 0 Å².